The van der Waals surface area contributed by atoms with E-state index in [1.807, 2.05) is 0 Å². The maximum atomic E-state index is 11.9. The van der Waals surface area contributed by atoms with Crippen LogP contribution >= 0.6 is 15.9 Å². The van der Waals surface area contributed by atoms with Crippen molar-refractivity contribution in [2.24, 2.45) is 4.99 Å². The Balaban J connectivity index is 2.57. The van der Waals surface area contributed by atoms with Gasteiger partial charge in [-0.25, -0.2) is 13.4 Å². The van der Waals surface area contributed by atoms with Crippen molar-refractivity contribution in [3.05, 3.63) is 39.8 Å². The van der Waals surface area contributed by atoms with E-state index in [1.165, 1.54) is 13.3 Å². The van der Waals surface area contributed by atoms with E-state index < -0.39 is 9.84 Å². The van der Waals surface area contributed by atoms with Crippen LogP contribution in [0.1, 0.15) is 5.56 Å². The first-order valence-corrected chi connectivity index (χ1v) is 6.67. The van der Waals surface area contributed by atoms with Gasteiger partial charge < -0.3 is 4.74 Å². The highest BCUT2D eigenvalue weighted by molar-refractivity contribution is 9.14. The van der Waals surface area contributed by atoms with Crippen molar-refractivity contribution in [2.45, 2.75) is 0 Å². The van der Waals surface area contributed by atoms with Gasteiger partial charge in [-0.05, 0) is 28.1 Å². The number of hydrogen-bond donors (Lipinski definition) is 0. The highest BCUT2D eigenvalue weighted by Crippen LogP contribution is 2.30. The molecule has 0 spiro atoms. The molecule has 1 aromatic carbocycles. The minimum absolute atomic E-state index is 0.0109. The molecular weight excluding hydrogens is 294 g/mol. The summed E-state index contributed by atoms with van der Waals surface area (Å²) >= 11 is 2.96. The van der Waals surface area contributed by atoms with Gasteiger partial charge in [-0.1, -0.05) is 12.1 Å². The largest absolute Gasteiger partial charge is 0.496 e. The van der Waals surface area contributed by atoms with Crippen molar-refractivity contribution in [1.82, 2.24) is 0 Å². The van der Waals surface area contributed by atoms with Crippen molar-refractivity contribution in [1.29, 1.82) is 0 Å². The number of ether oxygens (including phenoxy) is 1. The number of sulfone groups is 1. The van der Waals surface area contributed by atoms with Crippen LogP contribution in [0.3, 0.4) is 0 Å². The van der Waals surface area contributed by atoms with Crippen LogP contribution in [-0.2, 0) is 9.84 Å². The first-order valence-electron chi connectivity index (χ1n) is 4.39. The molecule has 0 amide bonds. The zero-order chi connectivity index (χ0) is 11.8. The summed E-state index contributed by atoms with van der Waals surface area (Å²) in [4.78, 5) is 3.89. The number of rotatable bonds is 2. The highest BCUT2D eigenvalue weighted by Gasteiger charge is 2.30. The van der Waals surface area contributed by atoms with Crippen LogP contribution in [0.25, 0.3) is 0 Å². The molecule has 1 aliphatic rings. The SMILES string of the molecule is COc1ccccc1C1=NC=C(Br)S1(=O)=O. The van der Waals surface area contributed by atoms with Gasteiger partial charge in [0.1, 0.15) is 9.56 Å². The Kier molecular flexibility index (Phi) is 2.86. The Morgan fingerprint density at radius 3 is 2.56 bits per heavy atom. The van der Waals surface area contributed by atoms with Gasteiger partial charge in [-0.3, -0.25) is 0 Å². The summed E-state index contributed by atoms with van der Waals surface area (Å²) < 4.78 is 28.9. The summed E-state index contributed by atoms with van der Waals surface area (Å²) in [5, 5.41) is 0.0109. The fourth-order valence-corrected chi connectivity index (χ4v) is 2.96. The standard InChI is InChI=1S/C10H8BrNO3S/c1-15-8-5-3-2-4-7(8)10-12-6-9(11)16(10,13)14/h2-6H,1H3. The maximum absolute atomic E-state index is 11.9. The molecule has 0 aliphatic carbocycles. The van der Waals surface area contributed by atoms with Crippen LogP contribution in [0, 0.1) is 0 Å². The van der Waals surface area contributed by atoms with E-state index in [0.717, 1.165) is 0 Å². The lowest BCUT2D eigenvalue weighted by atomic mass is 10.2. The van der Waals surface area contributed by atoms with Crippen molar-refractivity contribution in [3.63, 3.8) is 0 Å². The number of methoxy groups -OCH3 is 1. The minimum Gasteiger partial charge on any atom is -0.496 e. The molecular formula is C10H8BrNO3S. The second-order valence-electron chi connectivity index (χ2n) is 3.07. The molecule has 4 nitrogen and oxygen atoms in total. The molecule has 0 aromatic heterocycles. The number of halogens is 1. The second kappa shape index (κ2) is 4.03. The Morgan fingerprint density at radius 2 is 2.00 bits per heavy atom. The van der Waals surface area contributed by atoms with Gasteiger partial charge in [-0.2, -0.15) is 0 Å². The Bertz CT molecular complexity index is 590. The molecule has 0 bridgehead atoms. The zero-order valence-electron chi connectivity index (χ0n) is 8.34. The quantitative estimate of drug-likeness (QED) is 0.840. The predicted molar refractivity (Wildman–Crippen MR) is 65.5 cm³/mol. The van der Waals surface area contributed by atoms with Gasteiger partial charge in [0.05, 0.1) is 18.9 Å². The van der Waals surface area contributed by atoms with E-state index >= 15 is 0 Å². The molecule has 0 atom stereocenters. The van der Waals surface area contributed by atoms with Gasteiger partial charge in [0.2, 0.25) is 9.84 Å². The second-order valence-corrected chi connectivity index (χ2v) is 6.28. The third-order valence-electron chi connectivity index (χ3n) is 2.13. The Hall–Kier alpha value is -1.14. The molecule has 1 heterocycles. The maximum Gasteiger partial charge on any atom is 0.232 e. The molecule has 1 aliphatic heterocycles. The average molecular weight is 302 g/mol. The van der Waals surface area contributed by atoms with E-state index in [9.17, 15) is 8.42 Å². The van der Waals surface area contributed by atoms with E-state index in [-0.39, 0.29) is 8.86 Å². The smallest absolute Gasteiger partial charge is 0.232 e. The first-order chi connectivity index (χ1) is 7.57. The monoisotopic (exact) mass is 301 g/mol. The summed E-state index contributed by atoms with van der Waals surface area (Å²) in [5.41, 5.74) is 0.468. The molecule has 0 fully saturated rings. The lowest BCUT2D eigenvalue weighted by Crippen LogP contribution is -2.13. The van der Waals surface area contributed by atoms with Crippen LogP contribution in [0.5, 0.6) is 5.75 Å². The molecule has 0 radical (unpaired) electrons. The molecule has 84 valence electrons. The molecule has 1 aromatic rings. The number of aliphatic imine (C=N–C) groups is 1. The van der Waals surface area contributed by atoms with Crippen LogP contribution in [0.4, 0.5) is 0 Å². The van der Waals surface area contributed by atoms with Gasteiger partial charge in [-0.15, -0.1) is 0 Å². The Morgan fingerprint density at radius 1 is 1.31 bits per heavy atom. The molecule has 0 saturated carbocycles. The van der Waals surface area contributed by atoms with Crippen molar-refractivity contribution in [3.8, 4) is 5.75 Å². The summed E-state index contributed by atoms with van der Waals surface area (Å²) in [6.45, 7) is 0. The molecule has 0 saturated heterocycles. The Labute approximate surface area is 102 Å². The van der Waals surface area contributed by atoms with Crippen LogP contribution in [0.2, 0.25) is 0 Å². The molecule has 2 rings (SSSR count). The fourth-order valence-electron chi connectivity index (χ4n) is 1.38. The molecule has 6 heteroatoms. The first kappa shape index (κ1) is 11.3. The van der Waals surface area contributed by atoms with Gasteiger partial charge in [0.25, 0.3) is 0 Å². The normalized spacial score (nSPS) is 17.9. The number of para-hydroxylation sites is 1. The zero-order valence-corrected chi connectivity index (χ0v) is 10.7. The minimum atomic E-state index is -3.50. The van der Waals surface area contributed by atoms with Crippen LogP contribution < -0.4 is 4.74 Å². The van der Waals surface area contributed by atoms with Crippen LogP contribution in [0.15, 0.2) is 39.3 Å². The molecule has 0 unspecified atom stereocenters. The van der Waals surface area contributed by atoms with E-state index in [2.05, 4.69) is 20.9 Å². The fraction of sp³-hybridized carbons (Fsp3) is 0.100. The lowest BCUT2D eigenvalue weighted by Gasteiger charge is -2.07. The summed E-state index contributed by atoms with van der Waals surface area (Å²) in [6.07, 6.45) is 1.27. The van der Waals surface area contributed by atoms with E-state index in [4.69, 9.17) is 4.74 Å². The predicted octanol–water partition coefficient (Wildman–Crippen LogP) is 2.06. The lowest BCUT2D eigenvalue weighted by molar-refractivity contribution is 0.414. The summed E-state index contributed by atoms with van der Waals surface area (Å²) in [6, 6.07) is 6.86. The van der Waals surface area contributed by atoms with Crippen molar-refractivity contribution < 1.29 is 13.2 Å². The van der Waals surface area contributed by atoms with E-state index in [0.29, 0.717) is 11.3 Å². The molecule has 16 heavy (non-hydrogen) atoms. The molecule has 0 N–H and O–H groups in total. The third-order valence-corrected chi connectivity index (χ3v) is 5.07. The summed E-state index contributed by atoms with van der Waals surface area (Å²) in [5.74, 6) is 0.487. The van der Waals surface area contributed by atoms with Gasteiger partial charge >= 0.3 is 0 Å². The van der Waals surface area contributed by atoms with Gasteiger partial charge in [0, 0.05) is 0 Å². The third kappa shape index (κ3) is 1.68. The van der Waals surface area contributed by atoms with Crippen LogP contribution in [-0.4, -0.2) is 20.6 Å². The highest BCUT2D eigenvalue weighted by atomic mass is 79.9. The number of nitrogens with zero attached hydrogens (tertiary/aromatic N) is 1. The number of hydrogen-bond acceptors (Lipinski definition) is 4. The van der Waals surface area contributed by atoms with Crippen molar-refractivity contribution in [2.75, 3.05) is 7.11 Å². The number of benzene rings is 1. The van der Waals surface area contributed by atoms with Gasteiger partial charge in [0.15, 0.2) is 5.04 Å². The van der Waals surface area contributed by atoms with Crippen molar-refractivity contribution >= 4 is 30.8 Å². The average Bonchev–Trinajstić information content (AvgIpc) is 2.54. The summed E-state index contributed by atoms with van der Waals surface area (Å²) in [7, 11) is -2.01. The topological polar surface area (TPSA) is 55.7 Å². The van der Waals surface area contributed by atoms with E-state index in [1.54, 1.807) is 24.3 Å².